The summed E-state index contributed by atoms with van der Waals surface area (Å²) in [5.41, 5.74) is 1.67. The number of carbonyl (C=O) groups excluding carboxylic acids is 1. The third-order valence-electron chi connectivity index (χ3n) is 6.30. The number of benzene rings is 1. The summed E-state index contributed by atoms with van der Waals surface area (Å²) in [6, 6.07) is 9.23. The molecular weight excluding hydrogens is 400 g/mol. The van der Waals surface area contributed by atoms with Gasteiger partial charge in [0, 0.05) is 25.2 Å². The summed E-state index contributed by atoms with van der Waals surface area (Å²) in [6.45, 7) is 3.82. The van der Waals surface area contributed by atoms with Crippen LogP contribution in [0.15, 0.2) is 40.5 Å². The van der Waals surface area contributed by atoms with Crippen molar-refractivity contribution in [3.63, 3.8) is 0 Å². The van der Waals surface area contributed by atoms with E-state index in [1.54, 1.807) is 11.7 Å². The Morgan fingerprint density at radius 3 is 2.60 bits per heavy atom. The van der Waals surface area contributed by atoms with E-state index in [0.717, 1.165) is 34.6 Å². The summed E-state index contributed by atoms with van der Waals surface area (Å²) in [4.78, 5) is 28.8. The number of hydrogen-bond donors (Lipinski definition) is 0. The number of carbonyl (C=O) groups is 1. The Labute approximate surface area is 177 Å². The summed E-state index contributed by atoms with van der Waals surface area (Å²) in [5, 5.41) is 10.7. The predicted octanol–water partition coefficient (Wildman–Crippen LogP) is 2.87. The Bertz CT molecular complexity index is 1180. The van der Waals surface area contributed by atoms with E-state index < -0.39 is 0 Å². The first-order chi connectivity index (χ1) is 14.5. The summed E-state index contributed by atoms with van der Waals surface area (Å²) in [6.07, 6.45) is 1.61. The highest BCUT2D eigenvalue weighted by molar-refractivity contribution is 7.12. The first kappa shape index (κ1) is 19.0. The van der Waals surface area contributed by atoms with E-state index in [4.69, 9.17) is 4.74 Å². The van der Waals surface area contributed by atoms with Gasteiger partial charge < -0.3 is 9.64 Å². The van der Waals surface area contributed by atoms with Crippen LogP contribution in [-0.2, 0) is 12.0 Å². The fourth-order valence-electron chi connectivity index (χ4n) is 4.55. The molecule has 154 valence electrons. The first-order valence-corrected chi connectivity index (χ1v) is 10.9. The molecule has 1 amide bonds. The van der Waals surface area contributed by atoms with Crippen molar-refractivity contribution in [1.29, 1.82) is 0 Å². The first-order valence-electron chi connectivity index (χ1n) is 9.98. The van der Waals surface area contributed by atoms with Gasteiger partial charge in [-0.1, -0.05) is 0 Å². The Morgan fingerprint density at radius 1 is 1.13 bits per heavy atom. The molecule has 0 aliphatic carbocycles. The van der Waals surface area contributed by atoms with Crippen molar-refractivity contribution in [3.05, 3.63) is 62.3 Å². The lowest BCUT2D eigenvalue weighted by Gasteiger charge is -2.23. The van der Waals surface area contributed by atoms with Gasteiger partial charge in [0.1, 0.15) is 11.6 Å². The second kappa shape index (κ2) is 7.05. The molecule has 0 saturated carbocycles. The molecular formula is C22H22N4O3S. The average molecular weight is 423 g/mol. The van der Waals surface area contributed by atoms with Crippen LogP contribution < -0.4 is 10.3 Å². The average Bonchev–Trinajstić information content (AvgIpc) is 3.48. The molecule has 4 heterocycles. The van der Waals surface area contributed by atoms with Crippen LogP contribution in [0.3, 0.4) is 0 Å². The molecule has 1 spiro atoms. The maximum Gasteiger partial charge on any atom is 0.280 e. The van der Waals surface area contributed by atoms with Crippen LogP contribution in [0.1, 0.15) is 33.9 Å². The summed E-state index contributed by atoms with van der Waals surface area (Å²) in [5.74, 6) is 1.51. The Hall–Kier alpha value is -3.00. The topological polar surface area (TPSA) is 77.3 Å². The van der Waals surface area contributed by atoms with Gasteiger partial charge in [0.2, 0.25) is 0 Å². The number of ether oxygens (including phenoxy) is 1. The van der Waals surface area contributed by atoms with Crippen LogP contribution in [-0.4, -0.2) is 45.8 Å². The number of hydrogen-bond acceptors (Lipinski definition) is 6. The zero-order valence-electron chi connectivity index (χ0n) is 16.9. The molecule has 3 aromatic rings. The van der Waals surface area contributed by atoms with E-state index >= 15 is 0 Å². The van der Waals surface area contributed by atoms with E-state index in [1.807, 2.05) is 47.5 Å². The van der Waals surface area contributed by atoms with Gasteiger partial charge in [0.15, 0.2) is 5.69 Å². The Balaban J connectivity index is 1.45. The molecule has 7 nitrogen and oxygen atoms in total. The van der Waals surface area contributed by atoms with Gasteiger partial charge in [0.05, 0.1) is 17.4 Å². The van der Waals surface area contributed by atoms with Crippen LogP contribution in [0, 0.1) is 6.92 Å². The van der Waals surface area contributed by atoms with Crippen LogP contribution in [0.25, 0.3) is 11.3 Å². The van der Waals surface area contributed by atoms with Gasteiger partial charge in [-0.25, -0.2) is 0 Å². The third-order valence-corrected chi connectivity index (χ3v) is 7.30. The van der Waals surface area contributed by atoms with Crippen LogP contribution in [0.2, 0.25) is 0 Å². The number of fused-ring (bicyclic) bond motifs is 2. The quantitative estimate of drug-likeness (QED) is 0.649. The van der Waals surface area contributed by atoms with E-state index in [0.29, 0.717) is 31.2 Å². The lowest BCUT2D eigenvalue weighted by Crippen LogP contribution is -2.35. The van der Waals surface area contributed by atoms with Crippen LogP contribution in [0.5, 0.6) is 5.75 Å². The zero-order valence-corrected chi connectivity index (χ0v) is 17.7. The number of aryl methyl sites for hydroxylation is 1. The molecule has 0 N–H and O–H groups in total. The molecule has 8 heteroatoms. The van der Waals surface area contributed by atoms with Crippen molar-refractivity contribution >= 4 is 17.2 Å². The molecule has 2 aliphatic rings. The molecule has 1 fully saturated rings. The number of rotatable bonds is 3. The molecule has 5 rings (SSSR count). The fraction of sp³-hybridized carbons (Fsp3) is 0.364. The second-order valence-corrected chi connectivity index (χ2v) is 8.91. The van der Waals surface area contributed by atoms with Gasteiger partial charge in [-0.2, -0.15) is 0 Å². The van der Waals surface area contributed by atoms with Crippen LogP contribution in [0.4, 0.5) is 0 Å². The number of likely N-dealkylation sites (tertiary alicyclic amines) is 1. The van der Waals surface area contributed by atoms with E-state index in [1.165, 1.54) is 11.3 Å². The number of aromatic nitrogens is 3. The summed E-state index contributed by atoms with van der Waals surface area (Å²) < 4.78 is 6.93. The largest absolute Gasteiger partial charge is 0.497 e. The SMILES string of the molecule is COc1ccc(-c2nnc3n(c2=O)CC[C@]32CCN(C(=O)c3sccc3C)C2)cc1. The molecule has 1 saturated heterocycles. The number of methoxy groups -OCH3 is 1. The number of thiophene rings is 1. The fourth-order valence-corrected chi connectivity index (χ4v) is 5.45. The van der Waals surface area contributed by atoms with Crippen LogP contribution >= 0.6 is 11.3 Å². The molecule has 0 bridgehead atoms. The lowest BCUT2D eigenvalue weighted by molar-refractivity contribution is 0.0787. The molecule has 0 unspecified atom stereocenters. The maximum atomic E-state index is 13.2. The zero-order chi connectivity index (χ0) is 20.9. The minimum Gasteiger partial charge on any atom is -0.497 e. The molecule has 0 radical (unpaired) electrons. The predicted molar refractivity (Wildman–Crippen MR) is 114 cm³/mol. The van der Waals surface area contributed by atoms with E-state index in [2.05, 4.69) is 10.2 Å². The normalized spacial score (nSPS) is 20.0. The molecule has 30 heavy (non-hydrogen) atoms. The van der Waals surface area contributed by atoms with Gasteiger partial charge in [0.25, 0.3) is 11.5 Å². The molecule has 1 aromatic carbocycles. The maximum absolute atomic E-state index is 13.2. The van der Waals surface area contributed by atoms with Crippen molar-refractivity contribution in [3.8, 4) is 17.0 Å². The van der Waals surface area contributed by atoms with Gasteiger partial charge >= 0.3 is 0 Å². The molecule has 2 aromatic heterocycles. The van der Waals surface area contributed by atoms with Crippen molar-refractivity contribution in [1.82, 2.24) is 19.7 Å². The van der Waals surface area contributed by atoms with Crippen molar-refractivity contribution < 1.29 is 9.53 Å². The van der Waals surface area contributed by atoms with Crippen molar-refractivity contribution in [2.45, 2.75) is 31.7 Å². The summed E-state index contributed by atoms with van der Waals surface area (Å²) in [7, 11) is 1.61. The molecule has 2 aliphatic heterocycles. The van der Waals surface area contributed by atoms with Gasteiger partial charge in [-0.05, 0) is 61.0 Å². The Kier molecular flexibility index (Phi) is 4.47. The smallest absolute Gasteiger partial charge is 0.280 e. The monoisotopic (exact) mass is 422 g/mol. The summed E-state index contributed by atoms with van der Waals surface area (Å²) >= 11 is 1.48. The van der Waals surface area contributed by atoms with Gasteiger partial charge in [-0.15, -0.1) is 21.5 Å². The van der Waals surface area contributed by atoms with E-state index in [-0.39, 0.29) is 16.9 Å². The second-order valence-electron chi connectivity index (χ2n) is 8.00. The Morgan fingerprint density at radius 2 is 1.90 bits per heavy atom. The van der Waals surface area contributed by atoms with Crippen molar-refractivity contribution in [2.75, 3.05) is 20.2 Å². The molecule has 1 atom stereocenters. The third kappa shape index (κ3) is 2.86. The highest BCUT2D eigenvalue weighted by Crippen LogP contribution is 2.41. The minimum absolute atomic E-state index is 0.0722. The lowest BCUT2D eigenvalue weighted by atomic mass is 9.85. The minimum atomic E-state index is -0.286. The van der Waals surface area contributed by atoms with Crippen molar-refractivity contribution in [2.24, 2.45) is 0 Å². The van der Waals surface area contributed by atoms with Gasteiger partial charge in [-0.3, -0.25) is 14.2 Å². The number of nitrogens with zero attached hydrogens (tertiary/aromatic N) is 4. The highest BCUT2D eigenvalue weighted by atomic mass is 32.1. The van der Waals surface area contributed by atoms with E-state index in [9.17, 15) is 9.59 Å². The standard InChI is InChI=1S/C22H22N4O3S/c1-14-7-12-30-18(14)20(28)25-10-8-22(13-25)9-11-26-19(27)17(23-24-21(22)26)15-3-5-16(29-2)6-4-15/h3-7,12H,8-11,13H2,1-2H3/t22-/m0/s1. The number of amides is 1. The highest BCUT2D eigenvalue weighted by Gasteiger charge is 2.48.